The molecule has 3 aromatic rings. The van der Waals surface area contributed by atoms with E-state index in [9.17, 15) is 27.9 Å². The van der Waals surface area contributed by atoms with Gasteiger partial charge in [0.1, 0.15) is 5.60 Å². The van der Waals surface area contributed by atoms with Crippen LogP contribution in [0.25, 0.3) is 11.1 Å². The normalized spacial score (nSPS) is 15.2. The van der Waals surface area contributed by atoms with Gasteiger partial charge in [-0.05, 0) is 80.0 Å². The Labute approximate surface area is 224 Å². The fourth-order valence-corrected chi connectivity index (χ4v) is 4.50. The van der Waals surface area contributed by atoms with Gasteiger partial charge in [-0.15, -0.1) is 0 Å². The molecule has 2 N–H and O–H groups in total. The predicted molar refractivity (Wildman–Crippen MR) is 136 cm³/mol. The van der Waals surface area contributed by atoms with E-state index < -0.39 is 23.2 Å². The molecule has 2 aliphatic rings. The molecule has 0 unspecified atom stereocenters. The van der Waals surface area contributed by atoms with Crippen LogP contribution in [-0.2, 0) is 35.3 Å². The highest BCUT2D eigenvalue weighted by Gasteiger charge is 2.34. The van der Waals surface area contributed by atoms with Crippen molar-refractivity contribution in [2.24, 2.45) is 5.92 Å². The van der Waals surface area contributed by atoms with Gasteiger partial charge in [0.05, 0.1) is 5.56 Å². The van der Waals surface area contributed by atoms with Crippen molar-refractivity contribution in [3.05, 3.63) is 70.9 Å². The largest absolute Gasteiger partial charge is 0.416 e. The first-order chi connectivity index (χ1) is 18.3. The van der Waals surface area contributed by atoms with Gasteiger partial charge < -0.3 is 19.8 Å². The smallest absolute Gasteiger partial charge is 0.381 e. The lowest BCUT2D eigenvalue weighted by atomic mass is 9.86. The van der Waals surface area contributed by atoms with Crippen LogP contribution in [0.3, 0.4) is 0 Å². The monoisotopic (exact) mass is 544 g/mol. The Hall–Kier alpha value is -3.73. The van der Waals surface area contributed by atoms with Gasteiger partial charge in [-0.25, -0.2) is 0 Å². The molecule has 0 saturated heterocycles. The molecule has 1 aliphatic carbocycles. The van der Waals surface area contributed by atoms with E-state index in [4.69, 9.17) is 0 Å². The maximum absolute atomic E-state index is 13.3. The molecule has 0 bridgehead atoms. The molecule has 208 valence electrons. The molecule has 0 spiro atoms. The van der Waals surface area contributed by atoms with Crippen LogP contribution < -0.4 is 5.32 Å². The molecule has 11 heteroatoms. The number of alkyl halides is 3. The molecular formula is C28H31F3N4O4. The Morgan fingerprint density at radius 3 is 2.46 bits per heavy atom. The van der Waals surface area contributed by atoms with Gasteiger partial charge in [-0.1, -0.05) is 29.4 Å². The minimum absolute atomic E-state index is 0.00839. The number of rotatable bonds is 5. The van der Waals surface area contributed by atoms with Gasteiger partial charge in [0, 0.05) is 25.6 Å². The van der Waals surface area contributed by atoms with E-state index in [2.05, 4.69) is 20.0 Å². The zero-order valence-corrected chi connectivity index (χ0v) is 22.0. The number of aliphatic hydroxyl groups is 1. The molecule has 1 aliphatic heterocycles. The van der Waals surface area contributed by atoms with Crippen molar-refractivity contribution < 1.29 is 32.4 Å². The van der Waals surface area contributed by atoms with Crippen LogP contribution >= 0.6 is 0 Å². The predicted octanol–water partition coefficient (Wildman–Crippen LogP) is 4.43. The third-order valence-electron chi connectivity index (χ3n) is 6.69. The number of aryl methyl sites for hydroxylation is 1. The molecular weight excluding hydrogens is 513 g/mol. The summed E-state index contributed by atoms with van der Waals surface area (Å²) in [6.07, 6.45) is -0.944. The molecule has 8 nitrogen and oxygen atoms in total. The van der Waals surface area contributed by atoms with E-state index >= 15 is 0 Å². The van der Waals surface area contributed by atoms with Crippen molar-refractivity contribution in [3.63, 3.8) is 0 Å². The summed E-state index contributed by atoms with van der Waals surface area (Å²) in [5.41, 5.74) is 1.39. The van der Waals surface area contributed by atoms with E-state index in [1.807, 2.05) is 0 Å². The van der Waals surface area contributed by atoms with Crippen LogP contribution in [-0.4, -0.2) is 44.1 Å². The van der Waals surface area contributed by atoms with Crippen LogP contribution in [0.2, 0.25) is 0 Å². The summed E-state index contributed by atoms with van der Waals surface area (Å²) >= 11 is 0. The maximum Gasteiger partial charge on any atom is 0.416 e. The molecule has 5 rings (SSSR count). The molecule has 39 heavy (non-hydrogen) atoms. The number of amides is 2. The Morgan fingerprint density at radius 1 is 1.15 bits per heavy atom. The van der Waals surface area contributed by atoms with E-state index in [-0.39, 0.29) is 24.9 Å². The second-order valence-corrected chi connectivity index (χ2v) is 10.3. The number of nitrogens with one attached hydrogen (secondary N) is 1. The summed E-state index contributed by atoms with van der Waals surface area (Å²) in [7, 11) is 0. The van der Waals surface area contributed by atoms with Crippen LogP contribution in [0.1, 0.15) is 54.8 Å². The fraction of sp³-hybridized carbons (Fsp3) is 0.429. The van der Waals surface area contributed by atoms with Gasteiger partial charge in [0.15, 0.2) is 5.82 Å². The summed E-state index contributed by atoms with van der Waals surface area (Å²) in [6.45, 7) is 5.48. The minimum Gasteiger partial charge on any atom is -0.381 e. The second-order valence-electron chi connectivity index (χ2n) is 10.3. The van der Waals surface area contributed by atoms with Crippen LogP contribution in [0.5, 0.6) is 0 Å². The lowest BCUT2D eigenvalue weighted by Gasteiger charge is -2.35. The molecule has 1 fully saturated rings. The molecule has 2 amide bonds. The lowest BCUT2D eigenvalue weighted by molar-refractivity contribution is -0.148. The summed E-state index contributed by atoms with van der Waals surface area (Å²) in [4.78, 5) is 30.0. The number of halogens is 3. The number of hydrogen-bond acceptors (Lipinski definition) is 6. The van der Waals surface area contributed by atoms with Crippen molar-refractivity contribution in [1.29, 1.82) is 0 Å². The zero-order chi connectivity index (χ0) is 28.4. The van der Waals surface area contributed by atoms with Crippen LogP contribution in [0.4, 0.5) is 13.2 Å². The van der Waals surface area contributed by atoms with Crippen molar-refractivity contribution in [2.75, 3.05) is 6.54 Å². The van der Waals surface area contributed by atoms with Crippen molar-refractivity contribution in [2.45, 2.75) is 64.9 Å². The summed E-state index contributed by atoms with van der Waals surface area (Å²) in [5, 5.41) is 16.5. The van der Waals surface area contributed by atoms with E-state index in [0.717, 1.165) is 41.7 Å². The van der Waals surface area contributed by atoms with Gasteiger partial charge in [-0.2, -0.15) is 18.2 Å². The van der Waals surface area contributed by atoms with Gasteiger partial charge in [0.25, 0.3) is 5.91 Å². The second kappa shape index (κ2) is 11.2. The molecule has 2 aromatic carbocycles. The topological polar surface area (TPSA) is 109 Å². The minimum atomic E-state index is -4.45. The zero-order valence-electron chi connectivity index (χ0n) is 22.0. The number of aromatic nitrogens is 2. The van der Waals surface area contributed by atoms with E-state index in [1.165, 1.54) is 26.3 Å². The molecule has 2 heterocycles. The Kier molecular flexibility index (Phi) is 8.10. The Balaban J connectivity index is 0.000000519. The Morgan fingerprint density at radius 2 is 1.90 bits per heavy atom. The van der Waals surface area contributed by atoms with Gasteiger partial charge >= 0.3 is 6.18 Å². The highest BCUT2D eigenvalue weighted by Crippen LogP contribution is 2.37. The van der Waals surface area contributed by atoms with Crippen molar-refractivity contribution >= 4 is 11.8 Å². The van der Waals surface area contributed by atoms with Crippen LogP contribution in [0, 0.1) is 12.8 Å². The third-order valence-corrected chi connectivity index (χ3v) is 6.69. The highest BCUT2D eigenvalue weighted by molar-refractivity contribution is 5.85. The first-order valence-corrected chi connectivity index (χ1v) is 12.7. The average Bonchev–Trinajstić information content (AvgIpc) is 3.64. The Bertz CT molecular complexity index is 1330. The SMILES string of the molecule is CC(C)(O)C(=O)N1CCc2c(-c3cccc(C(F)(F)F)c3)ccc(CNC(=O)C3CC3)c2C1.Cc1ncon1. The quantitative estimate of drug-likeness (QED) is 0.492. The summed E-state index contributed by atoms with van der Waals surface area (Å²) in [6, 6.07) is 8.81. The van der Waals surface area contributed by atoms with Crippen molar-refractivity contribution in [1.82, 2.24) is 20.4 Å². The lowest BCUT2D eigenvalue weighted by Crippen LogP contribution is -2.47. The number of nitrogens with zero attached hydrogens (tertiary/aromatic N) is 3. The molecule has 0 atom stereocenters. The van der Waals surface area contributed by atoms with Gasteiger partial charge in [-0.3, -0.25) is 9.59 Å². The molecule has 1 saturated carbocycles. The van der Waals surface area contributed by atoms with Gasteiger partial charge in [0.2, 0.25) is 12.3 Å². The number of benzene rings is 2. The maximum atomic E-state index is 13.3. The summed E-state index contributed by atoms with van der Waals surface area (Å²) in [5.74, 6) is 0.310. The van der Waals surface area contributed by atoms with Crippen molar-refractivity contribution in [3.8, 4) is 11.1 Å². The molecule has 0 radical (unpaired) electrons. The van der Waals surface area contributed by atoms with E-state index in [0.29, 0.717) is 29.9 Å². The number of hydrogen-bond donors (Lipinski definition) is 2. The first kappa shape index (κ1) is 28.3. The number of carbonyl (C=O) groups excluding carboxylic acids is 2. The number of carbonyl (C=O) groups is 2. The third kappa shape index (κ3) is 7.03. The summed E-state index contributed by atoms with van der Waals surface area (Å²) < 4.78 is 44.2. The standard InChI is InChI=1S/C25H27F3N2O3.C3H4N2O/c1-24(2,33)23(32)30-11-10-20-19(16-4-3-5-18(12-16)25(26,27)28)9-8-17(21(20)14-30)13-29-22(31)15-6-7-15;1-3-4-2-6-5-3/h3-5,8-9,12,15,33H,6-7,10-11,13-14H2,1-2H3,(H,29,31);2H,1H3. The molecule has 1 aromatic heterocycles. The van der Waals surface area contributed by atoms with E-state index in [1.54, 1.807) is 30.0 Å². The highest BCUT2D eigenvalue weighted by atomic mass is 19.4. The first-order valence-electron chi connectivity index (χ1n) is 12.7. The number of fused-ring (bicyclic) bond motifs is 1. The fourth-order valence-electron chi connectivity index (χ4n) is 4.50. The average molecular weight is 545 g/mol. The van der Waals surface area contributed by atoms with Crippen LogP contribution in [0.15, 0.2) is 47.3 Å².